The molecule has 0 radical (unpaired) electrons. The summed E-state index contributed by atoms with van der Waals surface area (Å²) in [5.74, 6) is 2.51. The molecule has 1 fully saturated rings. The van der Waals surface area contributed by atoms with E-state index in [1.54, 1.807) is 12.4 Å². The van der Waals surface area contributed by atoms with Gasteiger partial charge in [-0.05, 0) is 60.9 Å². The fraction of sp³-hybridized carbons (Fsp3) is 0.333. The number of nitrogens with zero attached hydrogens (tertiary/aromatic N) is 6. The van der Waals surface area contributed by atoms with E-state index in [2.05, 4.69) is 56.0 Å². The van der Waals surface area contributed by atoms with E-state index in [4.69, 9.17) is 4.74 Å². The molecular weight excluding hydrogens is 454 g/mol. The minimum Gasteiger partial charge on any atom is -0.491 e. The first kappa shape index (κ1) is 22.3. The largest absolute Gasteiger partial charge is 0.491 e. The fourth-order valence-corrected chi connectivity index (χ4v) is 5.11. The zero-order valence-electron chi connectivity index (χ0n) is 20.6. The lowest BCUT2D eigenvalue weighted by molar-refractivity contribution is 0.143. The average Bonchev–Trinajstić information content (AvgIpc) is 3.14. The number of aryl methyl sites for hydroxylation is 2. The molecule has 6 rings (SSSR count). The second-order valence-electron chi connectivity index (χ2n) is 9.41. The first-order valence-electron chi connectivity index (χ1n) is 12.3. The predicted octanol–water partition coefficient (Wildman–Crippen LogP) is 3.77. The molecule has 0 aliphatic carbocycles. The van der Waals surface area contributed by atoms with Gasteiger partial charge in [-0.25, -0.2) is 19.7 Å². The summed E-state index contributed by atoms with van der Waals surface area (Å²) >= 11 is 0. The monoisotopic (exact) mass is 483 g/mol. The van der Waals surface area contributed by atoms with Gasteiger partial charge in [0, 0.05) is 44.1 Å². The Kier molecular flexibility index (Phi) is 5.67. The van der Waals surface area contributed by atoms with E-state index in [1.807, 2.05) is 28.9 Å². The minimum atomic E-state index is 0.0532. The Morgan fingerprint density at radius 1 is 0.944 bits per heavy atom. The molecule has 1 saturated heterocycles. The number of ether oxygens (including phenoxy) is 1. The molecule has 1 N–H and O–H groups in total. The Labute approximate surface area is 209 Å². The Morgan fingerprint density at radius 3 is 2.56 bits per heavy atom. The van der Waals surface area contributed by atoms with Crippen molar-refractivity contribution >= 4 is 23.0 Å². The highest BCUT2D eigenvalue weighted by atomic mass is 16.5. The van der Waals surface area contributed by atoms with Crippen LogP contribution in [0.1, 0.15) is 17.0 Å². The molecule has 4 heterocycles. The van der Waals surface area contributed by atoms with Crippen molar-refractivity contribution in [3.05, 3.63) is 65.7 Å². The summed E-state index contributed by atoms with van der Waals surface area (Å²) < 4.78 is 6.13. The van der Waals surface area contributed by atoms with Gasteiger partial charge in [0.1, 0.15) is 18.2 Å². The average molecular weight is 484 g/mol. The van der Waals surface area contributed by atoms with Crippen LogP contribution in [0.5, 0.6) is 5.75 Å². The number of fused-ring (bicyclic) bond motifs is 2. The molecule has 0 bridgehead atoms. The highest BCUT2D eigenvalue weighted by molar-refractivity contribution is 5.82. The van der Waals surface area contributed by atoms with E-state index in [1.165, 1.54) is 0 Å². The number of imidazole rings is 1. The van der Waals surface area contributed by atoms with Crippen LogP contribution in [0, 0.1) is 13.8 Å². The highest BCUT2D eigenvalue weighted by Crippen LogP contribution is 2.34. The molecule has 184 valence electrons. The van der Waals surface area contributed by atoms with Crippen molar-refractivity contribution in [2.75, 3.05) is 44.2 Å². The molecule has 0 unspecified atom stereocenters. The number of amides is 2. The van der Waals surface area contributed by atoms with Crippen molar-refractivity contribution in [2.24, 2.45) is 0 Å². The molecule has 2 aliphatic rings. The van der Waals surface area contributed by atoms with Gasteiger partial charge in [-0.3, -0.25) is 0 Å². The fourth-order valence-electron chi connectivity index (χ4n) is 5.11. The standard InChI is InChI=1S/C27H29N7O2/c1-18-14-21(20-4-5-23-24(16-20)31-19(2)30-23)15-22-17-34(12-13-36-25(18)22)27(35)33-10-8-32(9-11-33)26-28-6-3-7-29-26/h3-7,14-16H,8-13,17H2,1-2H3,(H,30,31). The zero-order valence-corrected chi connectivity index (χ0v) is 20.6. The number of hydrogen-bond donors (Lipinski definition) is 1. The number of rotatable bonds is 2. The molecule has 2 amide bonds. The van der Waals surface area contributed by atoms with Gasteiger partial charge < -0.3 is 24.4 Å². The SMILES string of the molecule is Cc1nc2ccc(-c3cc(C)c4c(c3)CN(C(=O)N3CCN(c5ncccn5)CC3)CCO4)cc2[nH]1. The molecule has 2 aliphatic heterocycles. The van der Waals surface area contributed by atoms with Gasteiger partial charge in [0.05, 0.1) is 24.1 Å². The van der Waals surface area contributed by atoms with Crippen LogP contribution in [0.25, 0.3) is 22.2 Å². The first-order chi connectivity index (χ1) is 17.5. The summed E-state index contributed by atoms with van der Waals surface area (Å²) in [5, 5.41) is 0. The van der Waals surface area contributed by atoms with Crippen LogP contribution >= 0.6 is 0 Å². The van der Waals surface area contributed by atoms with Crippen LogP contribution < -0.4 is 9.64 Å². The minimum absolute atomic E-state index is 0.0532. The number of carbonyl (C=O) groups is 1. The highest BCUT2D eigenvalue weighted by Gasteiger charge is 2.28. The second kappa shape index (κ2) is 9.14. The van der Waals surface area contributed by atoms with E-state index < -0.39 is 0 Å². The lowest BCUT2D eigenvalue weighted by Gasteiger charge is -2.37. The normalized spacial score (nSPS) is 16.0. The third kappa shape index (κ3) is 4.21. The lowest BCUT2D eigenvalue weighted by Crippen LogP contribution is -2.53. The predicted molar refractivity (Wildman–Crippen MR) is 138 cm³/mol. The molecule has 0 saturated carbocycles. The number of carbonyl (C=O) groups excluding carboxylic acids is 1. The zero-order chi connectivity index (χ0) is 24.6. The number of urea groups is 1. The van der Waals surface area contributed by atoms with Gasteiger partial charge in [0.25, 0.3) is 0 Å². The summed E-state index contributed by atoms with van der Waals surface area (Å²) in [4.78, 5) is 35.9. The topological polar surface area (TPSA) is 90.5 Å². The summed E-state index contributed by atoms with van der Waals surface area (Å²) in [7, 11) is 0. The van der Waals surface area contributed by atoms with Crippen molar-refractivity contribution in [1.82, 2.24) is 29.7 Å². The first-order valence-corrected chi connectivity index (χ1v) is 12.3. The molecule has 4 aromatic rings. The van der Waals surface area contributed by atoms with Crippen molar-refractivity contribution in [3.8, 4) is 16.9 Å². The van der Waals surface area contributed by atoms with Crippen molar-refractivity contribution in [2.45, 2.75) is 20.4 Å². The summed E-state index contributed by atoms with van der Waals surface area (Å²) in [6.45, 7) is 8.32. The molecule has 2 aromatic heterocycles. The van der Waals surface area contributed by atoms with Gasteiger partial charge in [-0.15, -0.1) is 0 Å². The number of anilines is 1. The van der Waals surface area contributed by atoms with Crippen LogP contribution in [0.15, 0.2) is 48.8 Å². The van der Waals surface area contributed by atoms with E-state index in [0.29, 0.717) is 38.7 Å². The smallest absolute Gasteiger partial charge is 0.320 e. The Hall–Kier alpha value is -4.14. The van der Waals surface area contributed by atoms with Crippen LogP contribution in [0.2, 0.25) is 0 Å². The summed E-state index contributed by atoms with van der Waals surface area (Å²) in [5.41, 5.74) is 6.31. The molecule has 9 heteroatoms. The van der Waals surface area contributed by atoms with E-state index >= 15 is 0 Å². The molecule has 2 aromatic carbocycles. The molecular formula is C27H29N7O2. The maximum atomic E-state index is 13.5. The maximum absolute atomic E-state index is 13.5. The number of H-pyrrole nitrogens is 1. The summed E-state index contributed by atoms with van der Waals surface area (Å²) in [6.07, 6.45) is 3.50. The Bertz CT molecular complexity index is 1410. The number of aromatic amines is 1. The Balaban J connectivity index is 1.21. The lowest BCUT2D eigenvalue weighted by atomic mass is 9.98. The molecule has 0 spiro atoms. The van der Waals surface area contributed by atoms with E-state index in [-0.39, 0.29) is 6.03 Å². The quantitative estimate of drug-likeness (QED) is 0.467. The molecule has 9 nitrogen and oxygen atoms in total. The number of aromatic nitrogens is 4. The number of piperazine rings is 1. The number of benzene rings is 2. The van der Waals surface area contributed by atoms with Gasteiger partial charge in [-0.1, -0.05) is 6.07 Å². The van der Waals surface area contributed by atoms with Crippen LogP contribution in [-0.4, -0.2) is 75.1 Å². The van der Waals surface area contributed by atoms with Crippen LogP contribution in [0.4, 0.5) is 10.7 Å². The van der Waals surface area contributed by atoms with E-state index in [9.17, 15) is 4.79 Å². The molecule has 0 atom stereocenters. The van der Waals surface area contributed by atoms with Gasteiger partial charge in [0.15, 0.2) is 0 Å². The maximum Gasteiger partial charge on any atom is 0.320 e. The van der Waals surface area contributed by atoms with E-state index in [0.717, 1.165) is 58.0 Å². The van der Waals surface area contributed by atoms with Crippen molar-refractivity contribution in [1.29, 1.82) is 0 Å². The van der Waals surface area contributed by atoms with Crippen LogP contribution in [0.3, 0.4) is 0 Å². The molecule has 36 heavy (non-hydrogen) atoms. The van der Waals surface area contributed by atoms with Gasteiger partial charge in [0.2, 0.25) is 5.95 Å². The van der Waals surface area contributed by atoms with Gasteiger partial charge >= 0.3 is 6.03 Å². The number of nitrogens with one attached hydrogen (secondary N) is 1. The van der Waals surface area contributed by atoms with Crippen molar-refractivity contribution in [3.63, 3.8) is 0 Å². The van der Waals surface area contributed by atoms with Crippen LogP contribution in [-0.2, 0) is 6.54 Å². The van der Waals surface area contributed by atoms with Gasteiger partial charge in [-0.2, -0.15) is 0 Å². The third-order valence-corrected chi connectivity index (χ3v) is 6.91. The van der Waals surface area contributed by atoms with Crippen molar-refractivity contribution < 1.29 is 9.53 Å². The second-order valence-corrected chi connectivity index (χ2v) is 9.41. The number of hydrogen-bond acceptors (Lipinski definition) is 6. The summed E-state index contributed by atoms with van der Waals surface area (Å²) in [6, 6.07) is 12.5. The third-order valence-electron chi connectivity index (χ3n) is 6.91. The Morgan fingerprint density at radius 2 is 1.75 bits per heavy atom.